The molecule has 2 N–H and O–H groups in total. The van der Waals surface area contributed by atoms with Gasteiger partial charge in [0.15, 0.2) is 0 Å². The van der Waals surface area contributed by atoms with Crippen molar-refractivity contribution in [3.63, 3.8) is 0 Å². The van der Waals surface area contributed by atoms with Crippen molar-refractivity contribution in [2.75, 3.05) is 17.2 Å². The second-order valence-corrected chi connectivity index (χ2v) is 7.20. The van der Waals surface area contributed by atoms with Gasteiger partial charge in [0.2, 0.25) is 11.8 Å². The molecule has 2 amide bonds. The molecule has 0 spiro atoms. The quantitative estimate of drug-likeness (QED) is 0.764. The van der Waals surface area contributed by atoms with Crippen LogP contribution in [0.25, 0.3) is 0 Å². The molecule has 3 rings (SSSR count). The van der Waals surface area contributed by atoms with Gasteiger partial charge in [-0.1, -0.05) is 29.8 Å². The summed E-state index contributed by atoms with van der Waals surface area (Å²) in [6.07, 6.45) is 0.525. The van der Waals surface area contributed by atoms with Crippen LogP contribution < -0.4 is 15.4 Å². The highest BCUT2D eigenvalue weighted by molar-refractivity contribution is 6.34. The fourth-order valence-electron chi connectivity index (χ4n) is 3.14. The van der Waals surface area contributed by atoms with E-state index in [0.717, 1.165) is 11.1 Å². The predicted octanol–water partition coefficient (Wildman–Crippen LogP) is 4.57. The van der Waals surface area contributed by atoms with Crippen LogP contribution in [0.15, 0.2) is 36.4 Å². The molecule has 1 aliphatic carbocycles. The summed E-state index contributed by atoms with van der Waals surface area (Å²) in [7, 11) is 0. The van der Waals surface area contributed by atoms with E-state index in [2.05, 4.69) is 10.6 Å². The number of hydrogen-bond donors (Lipinski definition) is 2. The highest BCUT2D eigenvalue weighted by Crippen LogP contribution is 2.41. The minimum Gasteiger partial charge on any atom is -0.492 e. The van der Waals surface area contributed by atoms with Gasteiger partial charge in [-0.05, 0) is 56.5 Å². The summed E-state index contributed by atoms with van der Waals surface area (Å²) in [5.74, 6) is -0.418. The number of nitrogens with one attached hydrogen (secondary N) is 2. The van der Waals surface area contributed by atoms with E-state index in [1.54, 1.807) is 12.1 Å². The van der Waals surface area contributed by atoms with Gasteiger partial charge in [-0.2, -0.15) is 0 Å². The van der Waals surface area contributed by atoms with Gasteiger partial charge in [-0.3, -0.25) is 9.59 Å². The maximum absolute atomic E-state index is 12.5. The number of ether oxygens (including phenoxy) is 1. The standard InChI is InChI=1S/C21H23ClN2O3/c1-4-27-18-8-6-5-7-17(18)23-20(25)14-11-15(14)21(26)24-19-13(3)9-12(2)10-16(19)22/h5-10,14-15H,4,11H2,1-3H3,(H,23,25)(H,24,26). The predicted molar refractivity (Wildman–Crippen MR) is 107 cm³/mol. The normalized spacial score (nSPS) is 17.9. The van der Waals surface area contributed by atoms with Crippen molar-refractivity contribution in [2.24, 2.45) is 11.8 Å². The summed E-state index contributed by atoms with van der Waals surface area (Å²) in [6, 6.07) is 11.0. The van der Waals surface area contributed by atoms with Crippen molar-refractivity contribution >= 4 is 34.8 Å². The maximum Gasteiger partial charge on any atom is 0.228 e. The van der Waals surface area contributed by atoms with E-state index >= 15 is 0 Å². The van der Waals surface area contributed by atoms with Crippen LogP contribution in [-0.2, 0) is 9.59 Å². The van der Waals surface area contributed by atoms with E-state index in [0.29, 0.717) is 35.2 Å². The number of hydrogen-bond acceptors (Lipinski definition) is 3. The van der Waals surface area contributed by atoms with Crippen LogP contribution in [0.2, 0.25) is 5.02 Å². The first kappa shape index (κ1) is 19.2. The van der Waals surface area contributed by atoms with Gasteiger partial charge in [0.1, 0.15) is 5.75 Å². The number of aryl methyl sites for hydroxylation is 2. The first-order chi connectivity index (χ1) is 12.9. The van der Waals surface area contributed by atoms with Crippen LogP contribution in [0.3, 0.4) is 0 Å². The third kappa shape index (κ3) is 4.42. The Bertz CT molecular complexity index is 858. The van der Waals surface area contributed by atoms with E-state index in [4.69, 9.17) is 16.3 Å². The second-order valence-electron chi connectivity index (χ2n) is 6.80. The Kier molecular flexibility index (Phi) is 5.71. The molecule has 27 heavy (non-hydrogen) atoms. The minimum atomic E-state index is -0.346. The van der Waals surface area contributed by atoms with Gasteiger partial charge in [-0.15, -0.1) is 0 Å². The summed E-state index contributed by atoms with van der Waals surface area (Å²) in [6.45, 7) is 6.25. The molecule has 0 aliphatic heterocycles. The lowest BCUT2D eigenvalue weighted by atomic mass is 10.1. The van der Waals surface area contributed by atoms with Crippen molar-refractivity contribution in [1.29, 1.82) is 0 Å². The zero-order chi connectivity index (χ0) is 19.6. The summed E-state index contributed by atoms with van der Waals surface area (Å²) in [4.78, 5) is 25.0. The van der Waals surface area contributed by atoms with Gasteiger partial charge in [0, 0.05) is 0 Å². The second kappa shape index (κ2) is 8.01. The first-order valence-electron chi connectivity index (χ1n) is 9.01. The Hall–Kier alpha value is -2.53. The SMILES string of the molecule is CCOc1ccccc1NC(=O)C1CC1C(=O)Nc1c(C)cc(C)cc1Cl. The number of halogens is 1. The molecular weight excluding hydrogens is 364 g/mol. The van der Waals surface area contributed by atoms with Crippen LogP contribution in [-0.4, -0.2) is 18.4 Å². The summed E-state index contributed by atoms with van der Waals surface area (Å²) < 4.78 is 5.52. The minimum absolute atomic E-state index is 0.172. The molecule has 142 valence electrons. The Balaban J connectivity index is 1.62. The van der Waals surface area contributed by atoms with E-state index < -0.39 is 0 Å². The molecule has 0 heterocycles. The van der Waals surface area contributed by atoms with Crippen LogP contribution in [0.5, 0.6) is 5.75 Å². The lowest BCUT2D eigenvalue weighted by molar-refractivity contribution is -0.122. The number of carbonyl (C=O) groups is 2. The van der Waals surface area contributed by atoms with E-state index in [1.165, 1.54) is 0 Å². The summed E-state index contributed by atoms with van der Waals surface area (Å²) >= 11 is 6.25. The molecule has 2 unspecified atom stereocenters. The van der Waals surface area contributed by atoms with Gasteiger partial charge in [0.25, 0.3) is 0 Å². The van der Waals surface area contributed by atoms with E-state index in [1.807, 2.05) is 45.0 Å². The van der Waals surface area contributed by atoms with Gasteiger partial charge >= 0.3 is 0 Å². The number of rotatable bonds is 6. The molecule has 1 saturated carbocycles. The first-order valence-corrected chi connectivity index (χ1v) is 9.38. The van der Waals surface area contributed by atoms with Crippen LogP contribution in [0.4, 0.5) is 11.4 Å². The topological polar surface area (TPSA) is 67.4 Å². The summed E-state index contributed by atoms with van der Waals surface area (Å²) in [5.41, 5.74) is 3.17. The molecule has 1 fully saturated rings. The number of para-hydroxylation sites is 2. The third-order valence-corrected chi connectivity index (χ3v) is 4.89. The summed E-state index contributed by atoms with van der Waals surface area (Å²) in [5, 5.41) is 6.25. The van der Waals surface area contributed by atoms with Crippen LogP contribution in [0.1, 0.15) is 24.5 Å². The lowest BCUT2D eigenvalue weighted by Crippen LogP contribution is -2.21. The van der Waals surface area contributed by atoms with Crippen molar-refractivity contribution < 1.29 is 14.3 Å². The fraction of sp³-hybridized carbons (Fsp3) is 0.333. The molecule has 0 radical (unpaired) electrons. The third-order valence-electron chi connectivity index (χ3n) is 4.59. The number of amides is 2. The van der Waals surface area contributed by atoms with Crippen molar-refractivity contribution in [3.05, 3.63) is 52.5 Å². The largest absolute Gasteiger partial charge is 0.492 e. The Morgan fingerprint density at radius 1 is 1.11 bits per heavy atom. The molecule has 2 atom stereocenters. The molecule has 2 aromatic rings. The van der Waals surface area contributed by atoms with Gasteiger partial charge in [0.05, 0.1) is 34.8 Å². The van der Waals surface area contributed by atoms with Crippen molar-refractivity contribution in [3.8, 4) is 5.75 Å². The smallest absolute Gasteiger partial charge is 0.228 e. The van der Waals surface area contributed by atoms with Crippen LogP contribution in [0, 0.1) is 25.7 Å². The van der Waals surface area contributed by atoms with E-state index in [-0.39, 0.29) is 23.7 Å². The fourth-order valence-corrected chi connectivity index (χ4v) is 3.51. The number of benzene rings is 2. The van der Waals surface area contributed by atoms with Crippen LogP contribution >= 0.6 is 11.6 Å². The molecule has 5 nitrogen and oxygen atoms in total. The number of anilines is 2. The zero-order valence-electron chi connectivity index (χ0n) is 15.6. The molecule has 0 saturated heterocycles. The molecule has 2 aromatic carbocycles. The number of carbonyl (C=O) groups excluding carboxylic acids is 2. The average Bonchev–Trinajstić information content (AvgIpc) is 3.41. The van der Waals surface area contributed by atoms with Gasteiger partial charge in [-0.25, -0.2) is 0 Å². The molecule has 0 aromatic heterocycles. The average molecular weight is 387 g/mol. The molecule has 6 heteroatoms. The Labute approximate surface area is 164 Å². The zero-order valence-corrected chi connectivity index (χ0v) is 16.4. The lowest BCUT2D eigenvalue weighted by Gasteiger charge is -2.12. The molecule has 1 aliphatic rings. The maximum atomic E-state index is 12.5. The monoisotopic (exact) mass is 386 g/mol. The molecule has 0 bridgehead atoms. The van der Waals surface area contributed by atoms with Crippen molar-refractivity contribution in [1.82, 2.24) is 0 Å². The highest BCUT2D eigenvalue weighted by atomic mass is 35.5. The van der Waals surface area contributed by atoms with Gasteiger partial charge < -0.3 is 15.4 Å². The highest BCUT2D eigenvalue weighted by Gasteiger charge is 2.48. The molecular formula is C21H23ClN2O3. The Morgan fingerprint density at radius 2 is 1.78 bits per heavy atom. The van der Waals surface area contributed by atoms with E-state index in [9.17, 15) is 9.59 Å². The Morgan fingerprint density at radius 3 is 2.44 bits per heavy atom. The van der Waals surface area contributed by atoms with Crippen molar-refractivity contribution in [2.45, 2.75) is 27.2 Å².